The number of hydrogen-bond donors (Lipinski definition) is 0. The quantitative estimate of drug-likeness (QED) is 0.611. The van der Waals surface area contributed by atoms with Crippen molar-refractivity contribution in [1.82, 2.24) is 15.1 Å². The molecule has 5 rings (SSSR count). The predicted molar refractivity (Wildman–Crippen MR) is 114 cm³/mol. The molecule has 2 unspecified atom stereocenters. The highest BCUT2D eigenvalue weighted by Gasteiger charge is 2.32. The SMILES string of the molecule is CCC(C(=O)N1CCCC(c2nnc(-c3ccc4c(c3)OCO4)o2)C1)c1ccccc1. The zero-order valence-electron chi connectivity index (χ0n) is 17.5. The second-order valence-corrected chi connectivity index (χ2v) is 8.01. The molecule has 1 saturated heterocycles. The Morgan fingerprint density at radius 3 is 2.81 bits per heavy atom. The lowest BCUT2D eigenvalue weighted by molar-refractivity contribution is -0.134. The van der Waals surface area contributed by atoms with Crippen LogP contribution in [0.2, 0.25) is 0 Å². The lowest BCUT2D eigenvalue weighted by Crippen LogP contribution is -2.41. The van der Waals surface area contributed by atoms with Gasteiger partial charge in [-0.15, -0.1) is 10.2 Å². The number of likely N-dealkylation sites (tertiary alicyclic amines) is 1. The molecule has 160 valence electrons. The summed E-state index contributed by atoms with van der Waals surface area (Å²) in [5.74, 6) is 2.53. The first-order valence-corrected chi connectivity index (χ1v) is 10.8. The van der Waals surface area contributed by atoms with Gasteiger partial charge in [-0.05, 0) is 43.0 Å². The molecule has 31 heavy (non-hydrogen) atoms. The third kappa shape index (κ3) is 3.87. The Hall–Kier alpha value is -3.35. The van der Waals surface area contributed by atoms with Gasteiger partial charge in [0.15, 0.2) is 11.5 Å². The van der Waals surface area contributed by atoms with Crippen LogP contribution < -0.4 is 9.47 Å². The minimum atomic E-state index is -0.119. The van der Waals surface area contributed by atoms with Gasteiger partial charge in [-0.3, -0.25) is 4.79 Å². The van der Waals surface area contributed by atoms with Gasteiger partial charge in [0.05, 0.1) is 11.8 Å². The molecule has 2 aliphatic heterocycles. The zero-order valence-corrected chi connectivity index (χ0v) is 17.5. The summed E-state index contributed by atoms with van der Waals surface area (Å²) in [6.07, 6.45) is 2.62. The molecule has 1 fully saturated rings. The number of aromatic nitrogens is 2. The second kappa shape index (κ2) is 8.41. The highest BCUT2D eigenvalue weighted by Crippen LogP contribution is 2.36. The number of carbonyl (C=O) groups is 1. The van der Waals surface area contributed by atoms with Crippen LogP contribution in [0.1, 0.15) is 49.5 Å². The van der Waals surface area contributed by atoms with Crippen LogP contribution in [-0.2, 0) is 4.79 Å². The summed E-state index contributed by atoms with van der Waals surface area (Å²) in [4.78, 5) is 15.2. The van der Waals surface area contributed by atoms with E-state index in [2.05, 4.69) is 17.1 Å². The summed E-state index contributed by atoms with van der Waals surface area (Å²) in [7, 11) is 0. The van der Waals surface area contributed by atoms with Crippen molar-refractivity contribution < 1.29 is 18.7 Å². The Bertz CT molecular complexity index is 1070. The Balaban J connectivity index is 1.31. The van der Waals surface area contributed by atoms with Gasteiger partial charge < -0.3 is 18.8 Å². The topological polar surface area (TPSA) is 77.7 Å². The lowest BCUT2D eigenvalue weighted by Gasteiger charge is -2.33. The van der Waals surface area contributed by atoms with Gasteiger partial charge in [0.1, 0.15) is 0 Å². The highest BCUT2D eigenvalue weighted by atomic mass is 16.7. The average molecular weight is 419 g/mol. The zero-order chi connectivity index (χ0) is 21.2. The monoisotopic (exact) mass is 419 g/mol. The van der Waals surface area contributed by atoms with Gasteiger partial charge in [-0.2, -0.15) is 0 Å². The number of amides is 1. The number of fused-ring (bicyclic) bond motifs is 1. The molecular weight excluding hydrogens is 394 g/mol. The fraction of sp³-hybridized carbons (Fsp3) is 0.375. The van der Waals surface area contributed by atoms with E-state index in [-0.39, 0.29) is 24.5 Å². The van der Waals surface area contributed by atoms with Gasteiger partial charge in [-0.25, -0.2) is 0 Å². The van der Waals surface area contributed by atoms with Crippen LogP contribution in [0.5, 0.6) is 11.5 Å². The Morgan fingerprint density at radius 2 is 1.97 bits per heavy atom. The van der Waals surface area contributed by atoms with Crippen molar-refractivity contribution in [3.8, 4) is 23.0 Å². The van der Waals surface area contributed by atoms with E-state index in [9.17, 15) is 4.79 Å². The minimum Gasteiger partial charge on any atom is -0.454 e. The number of piperidine rings is 1. The fourth-order valence-corrected chi connectivity index (χ4v) is 4.38. The molecule has 0 saturated carbocycles. The van der Waals surface area contributed by atoms with Gasteiger partial charge in [0.25, 0.3) is 0 Å². The summed E-state index contributed by atoms with van der Waals surface area (Å²) in [5.41, 5.74) is 1.86. The predicted octanol–water partition coefficient (Wildman–Crippen LogP) is 4.37. The maximum absolute atomic E-state index is 13.3. The lowest BCUT2D eigenvalue weighted by atomic mass is 9.92. The Labute approximate surface area is 181 Å². The van der Waals surface area contributed by atoms with Crippen LogP contribution in [0.3, 0.4) is 0 Å². The fourth-order valence-electron chi connectivity index (χ4n) is 4.38. The normalized spacial score (nSPS) is 18.7. The molecule has 1 amide bonds. The third-order valence-electron chi connectivity index (χ3n) is 6.05. The molecule has 3 heterocycles. The summed E-state index contributed by atoms with van der Waals surface area (Å²) >= 11 is 0. The van der Waals surface area contributed by atoms with Crippen molar-refractivity contribution in [3.05, 3.63) is 60.0 Å². The molecule has 7 heteroatoms. The molecule has 3 aromatic rings. The second-order valence-electron chi connectivity index (χ2n) is 8.01. The van der Waals surface area contributed by atoms with Crippen molar-refractivity contribution in [1.29, 1.82) is 0 Å². The number of nitrogens with zero attached hydrogens (tertiary/aromatic N) is 3. The van der Waals surface area contributed by atoms with Gasteiger partial charge in [0.2, 0.25) is 24.5 Å². The average Bonchev–Trinajstić information content (AvgIpc) is 3.50. The van der Waals surface area contributed by atoms with Crippen molar-refractivity contribution in [2.45, 2.75) is 38.0 Å². The summed E-state index contributed by atoms with van der Waals surface area (Å²) in [6, 6.07) is 15.6. The van der Waals surface area contributed by atoms with E-state index in [1.807, 2.05) is 53.4 Å². The number of rotatable bonds is 5. The maximum Gasteiger partial charge on any atom is 0.247 e. The van der Waals surface area contributed by atoms with Crippen LogP contribution in [0, 0.1) is 0 Å². The van der Waals surface area contributed by atoms with Crippen molar-refractivity contribution in [2.24, 2.45) is 0 Å². The molecule has 2 aromatic carbocycles. The largest absolute Gasteiger partial charge is 0.454 e. The smallest absolute Gasteiger partial charge is 0.247 e. The van der Waals surface area contributed by atoms with Crippen LogP contribution in [0.25, 0.3) is 11.5 Å². The molecule has 7 nitrogen and oxygen atoms in total. The molecule has 2 atom stereocenters. The number of benzene rings is 2. The van der Waals surface area contributed by atoms with Crippen molar-refractivity contribution in [3.63, 3.8) is 0 Å². The summed E-state index contributed by atoms with van der Waals surface area (Å²) in [5, 5.41) is 8.54. The first kappa shape index (κ1) is 19.6. The Morgan fingerprint density at radius 1 is 1.13 bits per heavy atom. The van der Waals surface area contributed by atoms with Crippen molar-refractivity contribution >= 4 is 5.91 Å². The summed E-state index contributed by atoms with van der Waals surface area (Å²) < 4.78 is 16.8. The van der Waals surface area contributed by atoms with Gasteiger partial charge >= 0.3 is 0 Å². The van der Waals surface area contributed by atoms with E-state index in [1.165, 1.54) is 0 Å². The van der Waals surface area contributed by atoms with E-state index in [1.54, 1.807) is 0 Å². The molecule has 2 aliphatic rings. The van der Waals surface area contributed by atoms with E-state index in [4.69, 9.17) is 13.9 Å². The number of carbonyl (C=O) groups excluding carboxylic acids is 1. The van der Waals surface area contributed by atoms with Gasteiger partial charge in [0, 0.05) is 18.7 Å². The standard InChI is InChI=1S/C24H25N3O4/c1-2-19(16-7-4-3-5-8-16)24(28)27-12-6-9-18(14-27)23-26-25-22(31-23)17-10-11-20-21(13-17)30-15-29-20/h3-5,7-8,10-11,13,18-19H,2,6,9,12,14-15H2,1H3. The molecular formula is C24H25N3O4. The Kier molecular flexibility index (Phi) is 5.32. The van der Waals surface area contributed by atoms with Crippen molar-refractivity contribution in [2.75, 3.05) is 19.9 Å². The number of hydrogen-bond acceptors (Lipinski definition) is 6. The van der Waals surface area contributed by atoms with E-state index in [0.717, 1.165) is 36.9 Å². The molecule has 0 radical (unpaired) electrons. The maximum atomic E-state index is 13.3. The van der Waals surface area contributed by atoms with Crippen LogP contribution in [-0.4, -0.2) is 40.9 Å². The van der Waals surface area contributed by atoms with Gasteiger partial charge in [-0.1, -0.05) is 37.3 Å². The number of ether oxygens (including phenoxy) is 2. The summed E-state index contributed by atoms with van der Waals surface area (Å²) in [6.45, 7) is 3.65. The van der Waals surface area contributed by atoms with E-state index >= 15 is 0 Å². The molecule has 0 N–H and O–H groups in total. The minimum absolute atomic E-state index is 0.0428. The molecule has 0 bridgehead atoms. The van der Waals surface area contributed by atoms with E-state index in [0.29, 0.717) is 29.8 Å². The van der Waals surface area contributed by atoms with Crippen LogP contribution in [0.15, 0.2) is 52.9 Å². The highest BCUT2D eigenvalue weighted by molar-refractivity contribution is 5.83. The molecule has 1 aromatic heterocycles. The first-order chi connectivity index (χ1) is 15.2. The molecule has 0 spiro atoms. The third-order valence-corrected chi connectivity index (χ3v) is 6.05. The van der Waals surface area contributed by atoms with Crippen LogP contribution in [0.4, 0.5) is 0 Å². The van der Waals surface area contributed by atoms with E-state index < -0.39 is 0 Å². The van der Waals surface area contributed by atoms with Crippen LogP contribution >= 0.6 is 0 Å². The first-order valence-electron chi connectivity index (χ1n) is 10.8. The molecule has 0 aliphatic carbocycles.